The summed E-state index contributed by atoms with van der Waals surface area (Å²) in [7, 11) is 0. The van der Waals surface area contributed by atoms with Crippen LogP contribution in [0, 0.1) is 5.41 Å². The van der Waals surface area contributed by atoms with Crippen LogP contribution in [0.5, 0.6) is 0 Å². The molecule has 0 spiro atoms. The van der Waals surface area contributed by atoms with Gasteiger partial charge in [0.2, 0.25) is 0 Å². The van der Waals surface area contributed by atoms with Crippen LogP contribution in [-0.2, 0) is 4.79 Å². The molecular weight excluding hydrogens is 242 g/mol. The SMILES string of the molecule is CC1(C(=O)O)CCN(c2ccnc3ccncc23)C1. The Hall–Kier alpha value is -2.17. The van der Waals surface area contributed by atoms with Gasteiger partial charge in [-0.2, -0.15) is 0 Å². The van der Waals surface area contributed by atoms with Crippen LogP contribution in [0.1, 0.15) is 13.3 Å². The second kappa shape index (κ2) is 4.19. The molecule has 1 atom stereocenters. The smallest absolute Gasteiger partial charge is 0.311 e. The predicted molar refractivity (Wildman–Crippen MR) is 72.1 cm³/mol. The number of aliphatic carboxylic acids is 1. The summed E-state index contributed by atoms with van der Waals surface area (Å²) >= 11 is 0. The summed E-state index contributed by atoms with van der Waals surface area (Å²) in [6, 6.07) is 3.79. The fourth-order valence-corrected chi connectivity index (χ4v) is 2.59. The van der Waals surface area contributed by atoms with Gasteiger partial charge in [-0.05, 0) is 25.5 Å². The van der Waals surface area contributed by atoms with Gasteiger partial charge >= 0.3 is 5.97 Å². The van der Waals surface area contributed by atoms with E-state index in [1.165, 1.54) is 0 Å². The average molecular weight is 257 g/mol. The van der Waals surface area contributed by atoms with Crippen molar-refractivity contribution in [2.75, 3.05) is 18.0 Å². The molecule has 1 unspecified atom stereocenters. The van der Waals surface area contributed by atoms with Gasteiger partial charge in [-0.3, -0.25) is 14.8 Å². The molecule has 2 aromatic rings. The monoisotopic (exact) mass is 257 g/mol. The second-order valence-electron chi connectivity index (χ2n) is 5.26. The summed E-state index contributed by atoms with van der Waals surface area (Å²) in [5.74, 6) is -0.730. The first-order valence-electron chi connectivity index (χ1n) is 6.27. The molecule has 0 aliphatic carbocycles. The number of carboxylic acid groups (broad SMARTS) is 1. The van der Waals surface area contributed by atoms with Crippen molar-refractivity contribution in [3.8, 4) is 0 Å². The van der Waals surface area contributed by atoms with Crippen molar-refractivity contribution in [2.45, 2.75) is 13.3 Å². The van der Waals surface area contributed by atoms with Gasteiger partial charge < -0.3 is 10.0 Å². The lowest BCUT2D eigenvalue weighted by Gasteiger charge is -2.22. The molecule has 19 heavy (non-hydrogen) atoms. The van der Waals surface area contributed by atoms with E-state index in [0.717, 1.165) is 23.1 Å². The molecule has 1 aliphatic rings. The largest absolute Gasteiger partial charge is 0.481 e. The molecule has 98 valence electrons. The number of anilines is 1. The minimum Gasteiger partial charge on any atom is -0.481 e. The Bertz CT molecular complexity index is 638. The van der Waals surface area contributed by atoms with Crippen LogP contribution >= 0.6 is 0 Å². The molecular formula is C14H15N3O2. The number of carbonyl (C=O) groups is 1. The number of hydrogen-bond acceptors (Lipinski definition) is 4. The van der Waals surface area contributed by atoms with Gasteiger partial charge in [0.25, 0.3) is 0 Å². The molecule has 5 nitrogen and oxygen atoms in total. The summed E-state index contributed by atoms with van der Waals surface area (Å²) in [4.78, 5) is 21.9. The van der Waals surface area contributed by atoms with Crippen molar-refractivity contribution >= 4 is 22.6 Å². The molecule has 3 rings (SSSR count). The topological polar surface area (TPSA) is 66.3 Å². The molecule has 1 saturated heterocycles. The van der Waals surface area contributed by atoms with Crippen molar-refractivity contribution in [1.29, 1.82) is 0 Å². The molecule has 0 saturated carbocycles. The zero-order chi connectivity index (χ0) is 13.5. The highest BCUT2D eigenvalue weighted by Gasteiger charge is 2.40. The number of carboxylic acids is 1. The molecule has 0 bridgehead atoms. The third-order valence-corrected chi connectivity index (χ3v) is 3.85. The maximum Gasteiger partial charge on any atom is 0.311 e. The Balaban J connectivity index is 2.01. The van der Waals surface area contributed by atoms with Gasteiger partial charge in [-0.25, -0.2) is 0 Å². The molecule has 3 heterocycles. The highest BCUT2D eigenvalue weighted by molar-refractivity contribution is 5.91. The lowest BCUT2D eigenvalue weighted by molar-refractivity contribution is -0.146. The third kappa shape index (κ3) is 1.91. The molecule has 2 aromatic heterocycles. The van der Waals surface area contributed by atoms with E-state index in [4.69, 9.17) is 0 Å². The maximum atomic E-state index is 11.3. The second-order valence-corrected chi connectivity index (χ2v) is 5.26. The highest BCUT2D eigenvalue weighted by atomic mass is 16.4. The van der Waals surface area contributed by atoms with E-state index < -0.39 is 11.4 Å². The third-order valence-electron chi connectivity index (χ3n) is 3.85. The van der Waals surface area contributed by atoms with Crippen LogP contribution in [-0.4, -0.2) is 34.1 Å². The summed E-state index contributed by atoms with van der Waals surface area (Å²) in [5, 5.41) is 10.3. The Labute approximate surface area is 110 Å². The van der Waals surface area contributed by atoms with Crippen molar-refractivity contribution in [2.24, 2.45) is 5.41 Å². The lowest BCUT2D eigenvalue weighted by Crippen LogP contribution is -2.31. The van der Waals surface area contributed by atoms with E-state index in [-0.39, 0.29) is 0 Å². The predicted octanol–water partition coefficient (Wildman–Crippen LogP) is 1.93. The Morgan fingerprint density at radius 3 is 3.00 bits per heavy atom. The lowest BCUT2D eigenvalue weighted by atomic mass is 9.90. The fraction of sp³-hybridized carbons (Fsp3) is 0.357. The number of aromatic nitrogens is 2. The van der Waals surface area contributed by atoms with Crippen LogP contribution < -0.4 is 4.90 Å². The molecule has 0 aromatic carbocycles. The summed E-state index contributed by atoms with van der Waals surface area (Å²) in [6.07, 6.45) is 5.92. The maximum absolute atomic E-state index is 11.3. The molecule has 1 aliphatic heterocycles. The van der Waals surface area contributed by atoms with Gasteiger partial charge in [-0.1, -0.05) is 0 Å². The summed E-state index contributed by atoms with van der Waals surface area (Å²) < 4.78 is 0. The first-order valence-corrected chi connectivity index (χ1v) is 6.27. The molecule has 0 radical (unpaired) electrons. The number of nitrogens with zero attached hydrogens (tertiary/aromatic N) is 3. The molecule has 1 N–H and O–H groups in total. The standard InChI is InChI=1S/C14H15N3O2/c1-14(13(18)19)4-7-17(9-14)12-3-6-16-11-2-5-15-8-10(11)12/h2-3,5-6,8H,4,7,9H2,1H3,(H,18,19). The molecule has 0 amide bonds. The van der Waals surface area contributed by atoms with Crippen LogP contribution in [0.4, 0.5) is 5.69 Å². The first-order chi connectivity index (χ1) is 9.10. The van der Waals surface area contributed by atoms with Gasteiger partial charge in [0.05, 0.1) is 10.9 Å². The minimum atomic E-state index is -0.730. The van der Waals surface area contributed by atoms with Crippen molar-refractivity contribution in [1.82, 2.24) is 9.97 Å². The van der Waals surface area contributed by atoms with Gasteiger partial charge in [0, 0.05) is 42.8 Å². The Kier molecular flexibility index (Phi) is 2.62. The van der Waals surface area contributed by atoms with Crippen LogP contribution in [0.15, 0.2) is 30.7 Å². The quantitative estimate of drug-likeness (QED) is 0.890. The van der Waals surface area contributed by atoms with Gasteiger partial charge in [-0.15, -0.1) is 0 Å². The number of rotatable bonds is 2. The number of pyridine rings is 2. The van der Waals surface area contributed by atoms with Crippen molar-refractivity contribution < 1.29 is 9.90 Å². The van der Waals surface area contributed by atoms with E-state index in [0.29, 0.717) is 13.0 Å². The fourth-order valence-electron chi connectivity index (χ4n) is 2.59. The molecule has 5 heteroatoms. The number of fused-ring (bicyclic) bond motifs is 1. The number of hydrogen-bond donors (Lipinski definition) is 1. The summed E-state index contributed by atoms with van der Waals surface area (Å²) in [6.45, 7) is 3.07. The van der Waals surface area contributed by atoms with E-state index in [2.05, 4.69) is 14.9 Å². The van der Waals surface area contributed by atoms with E-state index in [1.54, 1.807) is 25.5 Å². The van der Waals surface area contributed by atoms with Gasteiger partial charge in [0.15, 0.2) is 0 Å². The average Bonchev–Trinajstić information content (AvgIpc) is 2.82. The van der Waals surface area contributed by atoms with Crippen LogP contribution in [0.25, 0.3) is 10.9 Å². The van der Waals surface area contributed by atoms with Crippen molar-refractivity contribution in [3.63, 3.8) is 0 Å². The highest BCUT2D eigenvalue weighted by Crippen LogP contribution is 2.35. The van der Waals surface area contributed by atoms with Crippen LogP contribution in [0.2, 0.25) is 0 Å². The zero-order valence-electron chi connectivity index (χ0n) is 10.7. The van der Waals surface area contributed by atoms with E-state index in [9.17, 15) is 9.90 Å². The van der Waals surface area contributed by atoms with Crippen LogP contribution in [0.3, 0.4) is 0 Å². The molecule has 1 fully saturated rings. The van der Waals surface area contributed by atoms with E-state index in [1.807, 2.05) is 12.1 Å². The minimum absolute atomic E-state index is 0.524. The Morgan fingerprint density at radius 2 is 2.26 bits per heavy atom. The summed E-state index contributed by atoms with van der Waals surface area (Å²) in [5.41, 5.74) is 1.23. The van der Waals surface area contributed by atoms with Gasteiger partial charge in [0.1, 0.15) is 0 Å². The Morgan fingerprint density at radius 1 is 1.42 bits per heavy atom. The van der Waals surface area contributed by atoms with E-state index >= 15 is 0 Å². The zero-order valence-corrected chi connectivity index (χ0v) is 10.7. The van der Waals surface area contributed by atoms with Crippen molar-refractivity contribution in [3.05, 3.63) is 30.7 Å². The first kappa shape index (κ1) is 11.9. The normalized spacial score (nSPS) is 22.9.